The van der Waals surface area contributed by atoms with Gasteiger partial charge in [-0.25, -0.2) is 4.39 Å². The van der Waals surface area contributed by atoms with Crippen LogP contribution in [-0.2, 0) is 16.0 Å². The van der Waals surface area contributed by atoms with Gasteiger partial charge < -0.3 is 14.9 Å². The predicted octanol–water partition coefficient (Wildman–Crippen LogP) is 2.33. The molecule has 0 bridgehead atoms. The van der Waals surface area contributed by atoms with Crippen LogP contribution in [0.3, 0.4) is 0 Å². The Morgan fingerprint density at radius 2 is 1.89 bits per heavy atom. The molecular formula is C22H31FN2O3. The van der Waals surface area contributed by atoms with E-state index >= 15 is 0 Å². The topological polar surface area (TPSA) is 60.9 Å². The van der Waals surface area contributed by atoms with Crippen LogP contribution in [0.4, 0.5) is 4.39 Å². The average Bonchev–Trinajstić information content (AvgIpc) is 3.12. The van der Waals surface area contributed by atoms with Crippen LogP contribution in [0.2, 0.25) is 0 Å². The number of likely N-dealkylation sites (tertiary alicyclic amines) is 2. The highest BCUT2D eigenvalue weighted by Gasteiger charge is 2.40. The largest absolute Gasteiger partial charge is 0.396 e. The summed E-state index contributed by atoms with van der Waals surface area (Å²) in [5.74, 6) is 0.631. The van der Waals surface area contributed by atoms with Crippen LogP contribution in [0.15, 0.2) is 24.3 Å². The zero-order chi connectivity index (χ0) is 20.3. The summed E-state index contributed by atoms with van der Waals surface area (Å²) < 4.78 is 13.4. The molecule has 1 aromatic carbocycles. The predicted molar refractivity (Wildman–Crippen MR) is 105 cm³/mol. The number of carbonyl (C=O) groups excluding carboxylic acids is 2. The van der Waals surface area contributed by atoms with E-state index in [0.717, 1.165) is 25.9 Å². The van der Waals surface area contributed by atoms with Crippen molar-refractivity contribution in [1.82, 2.24) is 9.80 Å². The van der Waals surface area contributed by atoms with Crippen molar-refractivity contribution in [3.05, 3.63) is 35.6 Å². The lowest BCUT2D eigenvalue weighted by Crippen LogP contribution is -2.43. The highest BCUT2D eigenvalue weighted by Crippen LogP contribution is 2.36. The van der Waals surface area contributed by atoms with E-state index < -0.39 is 0 Å². The molecule has 2 fully saturated rings. The normalized spacial score (nSPS) is 23.5. The molecule has 1 N–H and O–H groups in total. The lowest BCUT2D eigenvalue weighted by molar-refractivity contribution is -0.136. The van der Waals surface area contributed by atoms with E-state index in [1.165, 1.54) is 12.1 Å². The minimum Gasteiger partial charge on any atom is -0.396 e. The summed E-state index contributed by atoms with van der Waals surface area (Å²) in [6.07, 6.45) is 2.03. The first-order valence-electron chi connectivity index (χ1n) is 10.3. The molecule has 2 amide bonds. The molecule has 0 spiro atoms. The van der Waals surface area contributed by atoms with Gasteiger partial charge in [0.05, 0.1) is 6.42 Å². The maximum atomic E-state index is 13.4. The smallest absolute Gasteiger partial charge is 0.227 e. The molecule has 154 valence electrons. The third kappa shape index (κ3) is 4.72. The quantitative estimate of drug-likeness (QED) is 0.839. The Morgan fingerprint density at radius 3 is 2.50 bits per heavy atom. The van der Waals surface area contributed by atoms with Crippen molar-refractivity contribution in [3.63, 3.8) is 0 Å². The van der Waals surface area contributed by atoms with Crippen LogP contribution in [-0.4, -0.2) is 59.5 Å². The molecule has 2 saturated heterocycles. The molecule has 3 rings (SSSR count). The monoisotopic (exact) mass is 390 g/mol. The summed E-state index contributed by atoms with van der Waals surface area (Å²) in [5.41, 5.74) is 0.675. The number of amides is 2. The molecule has 0 aromatic heterocycles. The van der Waals surface area contributed by atoms with Gasteiger partial charge in [0.25, 0.3) is 0 Å². The van der Waals surface area contributed by atoms with Crippen LogP contribution in [0.1, 0.15) is 32.3 Å². The highest BCUT2D eigenvalue weighted by molar-refractivity contribution is 5.79. The molecule has 2 aliphatic heterocycles. The van der Waals surface area contributed by atoms with Crippen LogP contribution in [0.5, 0.6) is 0 Å². The standard InChI is InChI=1S/C22H31FN2O3/c1-15(2)22(28)24-8-6-17(7-9-24)20-13-25(12-18(20)14-26)21(27)11-16-4-3-5-19(23)10-16/h3-5,10,15,17-18,20,26H,6-9,11-14H2,1-2H3/t18-,20-/m0/s1. The zero-order valence-electron chi connectivity index (χ0n) is 16.8. The molecule has 2 aliphatic rings. The van der Waals surface area contributed by atoms with Gasteiger partial charge in [-0.1, -0.05) is 26.0 Å². The third-order valence-corrected chi connectivity index (χ3v) is 6.27. The van der Waals surface area contributed by atoms with Crippen molar-refractivity contribution in [2.75, 3.05) is 32.8 Å². The van der Waals surface area contributed by atoms with Crippen molar-refractivity contribution in [1.29, 1.82) is 0 Å². The molecule has 28 heavy (non-hydrogen) atoms. The summed E-state index contributed by atoms with van der Waals surface area (Å²) >= 11 is 0. The highest BCUT2D eigenvalue weighted by atomic mass is 19.1. The van der Waals surface area contributed by atoms with Gasteiger partial charge in [0.2, 0.25) is 11.8 Å². The van der Waals surface area contributed by atoms with E-state index in [9.17, 15) is 19.1 Å². The van der Waals surface area contributed by atoms with Gasteiger partial charge in [0.1, 0.15) is 5.82 Å². The fraction of sp³-hybridized carbons (Fsp3) is 0.636. The van der Waals surface area contributed by atoms with Gasteiger partial charge in [-0.2, -0.15) is 0 Å². The van der Waals surface area contributed by atoms with Crippen LogP contribution < -0.4 is 0 Å². The Bertz CT molecular complexity index is 701. The van der Waals surface area contributed by atoms with Gasteiger partial charge in [-0.05, 0) is 42.4 Å². The van der Waals surface area contributed by atoms with Gasteiger partial charge >= 0.3 is 0 Å². The number of aliphatic hydroxyl groups is 1. The molecule has 6 heteroatoms. The summed E-state index contributed by atoms with van der Waals surface area (Å²) in [7, 11) is 0. The number of hydrogen-bond donors (Lipinski definition) is 1. The maximum absolute atomic E-state index is 13.4. The van der Waals surface area contributed by atoms with Crippen LogP contribution in [0, 0.1) is 29.5 Å². The molecule has 2 atom stereocenters. The van der Waals surface area contributed by atoms with Crippen molar-refractivity contribution in [3.8, 4) is 0 Å². The number of aliphatic hydroxyl groups excluding tert-OH is 1. The average molecular weight is 390 g/mol. The van der Waals surface area contributed by atoms with Crippen molar-refractivity contribution in [2.24, 2.45) is 23.7 Å². The Labute approximate surface area is 166 Å². The Morgan fingerprint density at radius 1 is 1.18 bits per heavy atom. The van der Waals surface area contributed by atoms with Gasteiger partial charge in [-0.3, -0.25) is 9.59 Å². The van der Waals surface area contributed by atoms with Crippen LogP contribution >= 0.6 is 0 Å². The number of rotatable bonds is 5. The number of halogens is 1. The molecule has 2 heterocycles. The van der Waals surface area contributed by atoms with Gasteiger partial charge in [-0.15, -0.1) is 0 Å². The fourth-order valence-corrected chi connectivity index (χ4v) is 4.67. The number of benzene rings is 1. The first-order chi connectivity index (χ1) is 13.4. The van der Waals surface area contributed by atoms with E-state index in [4.69, 9.17) is 0 Å². The zero-order valence-corrected chi connectivity index (χ0v) is 16.8. The third-order valence-electron chi connectivity index (χ3n) is 6.27. The minimum atomic E-state index is -0.333. The van der Waals surface area contributed by atoms with Crippen molar-refractivity contribution >= 4 is 11.8 Å². The second kappa shape index (κ2) is 9.03. The van der Waals surface area contributed by atoms with Crippen molar-refractivity contribution < 1.29 is 19.1 Å². The van der Waals surface area contributed by atoms with E-state index in [2.05, 4.69) is 0 Å². The Hall–Kier alpha value is -1.95. The van der Waals surface area contributed by atoms with Gasteiger partial charge in [0.15, 0.2) is 0 Å². The molecule has 0 radical (unpaired) electrons. The van der Waals surface area contributed by atoms with E-state index in [-0.39, 0.29) is 48.4 Å². The first kappa shape index (κ1) is 20.8. The lowest BCUT2D eigenvalue weighted by Gasteiger charge is -2.37. The minimum absolute atomic E-state index is 0.0148. The number of hydrogen-bond acceptors (Lipinski definition) is 3. The Balaban J connectivity index is 1.58. The maximum Gasteiger partial charge on any atom is 0.227 e. The Kier molecular flexibility index (Phi) is 6.70. The second-order valence-electron chi connectivity index (χ2n) is 8.53. The first-order valence-corrected chi connectivity index (χ1v) is 10.3. The molecule has 0 unspecified atom stereocenters. The summed E-state index contributed by atoms with van der Waals surface area (Å²) in [5, 5.41) is 9.85. The van der Waals surface area contributed by atoms with E-state index in [0.29, 0.717) is 24.6 Å². The van der Waals surface area contributed by atoms with Crippen molar-refractivity contribution in [2.45, 2.75) is 33.1 Å². The number of carbonyl (C=O) groups is 2. The SMILES string of the molecule is CC(C)C(=O)N1CCC([C@@H]2CN(C(=O)Cc3cccc(F)c3)C[C@H]2CO)CC1. The van der Waals surface area contributed by atoms with Crippen LogP contribution in [0.25, 0.3) is 0 Å². The molecular weight excluding hydrogens is 359 g/mol. The number of piperidine rings is 1. The summed E-state index contributed by atoms with van der Waals surface area (Å²) in [6.45, 7) is 6.63. The molecule has 0 aliphatic carbocycles. The number of nitrogens with zero attached hydrogens (tertiary/aromatic N) is 2. The second-order valence-corrected chi connectivity index (χ2v) is 8.53. The fourth-order valence-electron chi connectivity index (χ4n) is 4.67. The summed E-state index contributed by atoms with van der Waals surface area (Å²) in [4.78, 5) is 28.7. The molecule has 0 saturated carbocycles. The molecule has 1 aromatic rings. The summed E-state index contributed by atoms with van der Waals surface area (Å²) in [6, 6.07) is 6.15. The van der Waals surface area contributed by atoms with E-state index in [1.807, 2.05) is 23.6 Å². The lowest BCUT2D eigenvalue weighted by atomic mass is 9.78. The molecule has 5 nitrogen and oxygen atoms in total. The van der Waals surface area contributed by atoms with E-state index in [1.54, 1.807) is 12.1 Å². The van der Waals surface area contributed by atoms with Gasteiger partial charge in [0, 0.05) is 44.6 Å².